The van der Waals surface area contributed by atoms with Gasteiger partial charge in [0.2, 0.25) is 5.91 Å². The fourth-order valence-electron chi connectivity index (χ4n) is 4.37. The maximum Gasteiger partial charge on any atom is 0.237 e. The van der Waals surface area contributed by atoms with E-state index in [4.69, 9.17) is 5.73 Å². The van der Waals surface area contributed by atoms with Gasteiger partial charge in [-0.25, -0.2) is 4.68 Å². The zero-order valence-electron chi connectivity index (χ0n) is 16.0. The Hall–Kier alpha value is -2.67. The number of nitrogens with two attached hydrogens (primary N) is 1. The second kappa shape index (κ2) is 7.05. The summed E-state index contributed by atoms with van der Waals surface area (Å²) in [5.74, 6) is 0.345. The first-order chi connectivity index (χ1) is 13.7. The fourth-order valence-corrected chi connectivity index (χ4v) is 4.37. The van der Waals surface area contributed by atoms with E-state index in [1.54, 1.807) is 0 Å². The molecule has 2 fully saturated rings. The third kappa shape index (κ3) is 3.42. The Morgan fingerprint density at radius 1 is 1.11 bits per heavy atom. The molecule has 2 aliphatic rings. The van der Waals surface area contributed by atoms with Crippen LogP contribution in [0.1, 0.15) is 48.9 Å². The van der Waals surface area contributed by atoms with Gasteiger partial charge in [-0.05, 0) is 37.3 Å². The molecule has 0 spiro atoms. The van der Waals surface area contributed by atoms with Crippen molar-refractivity contribution < 1.29 is 4.79 Å². The molecule has 28 heavy (non-hydrogen) atoms. The number of amides is 1. The van der Waals surface area contributed by atoms with Crippen LogP contribution in [0.25, 0.3) is 10.9 Å². The summed E-state index contributed by atoms with van der Waals surface area (Å²) in [5, 5.41) is 9.95. The van der Waals surface area contributed by atoms with Crippen molar-refractivity contribution in [2.45, 2.75) is 50.7 Å². The first-order valence-electron chi connectivity index (χ1n) is 10.2. The molecule has 2 aromatic heterocycles. The second-order valence-electron chi connectivity index (χ2n) is 8.17. The average Bonchev–Trinajstić information content (AvgIpc) is 3.34. The summed E-state index contributed by atoms with van der Waals surface area (Å²) in [5.41, 5.74) is 8.92. The van der Waals surface area contributed by atoms with Crippen LogP contribution in [0.3, 0.4) is 0 Å². The van der Waals surface area contributed by atoms with E-state index < -0.39 is 0 Å². The Labute approximate surface area is 164 Å². The van der Waals surface area contributed by atoms with Crippen molar-refractivity contribution in [2.24, 2.45) is 5.73 Å². The molecule has 146 valence electrons. The molecule has 1 aliphatic carbocycles. The first-order valence-corrected chi connectivity index (χ1v) is 10.2. The maximum absolute atomic E-state index is 11.4. The van der Waals surface area contributed by atoms with Crippen LogP contribution in [0.2, 0.25) is 0 Å². The molecular weight excluding hydrogens is 352 g/mol. The molecule has 1 amide bonds. The average molecular weight is 378 g/mol. The topological polar surface area (TPSA) is 82.0 Å². The fraction of sp³-hybridized carbons (Fsp3) is 0.476. The molecule has 1 aromatic carbocycles. The Morgan fingerprint density at radius 2 is 1.89 bits per heavy atom. The summed E-state index contributed by atoms with van der Waals surface area (Å²) < 4.78 is 4.05. The number of benzene rings is 1. The van der Waals surface area contributed by atoms with Gasteiger partial charge in [-0.15, -0.1) is 5.10 Å². The lowest BCUT2D eigenvalue weighted by atomic mass is 10.0. The van der Waals surface area contributed by atoms with Gasteiger partial charge in [0, 0.05) is 48.8 Å². The molecule has 5 rings (SSSR count). The van der Waals surface area contributed by atoms with Crippen LogP contribution in [-0.2, 0) is 17.9 Å². The van der Waals surface area contributed by atoms with Gasteiger partial charge in [0.25, 0.3) is 0 Å². The number of primary amides is 1. The summed E-state index contributed by atoms with van der Waals surface area (Å²) in [7, 11) is 0. The van der Waals surface area contributed by atoms with Gasteiger partial charge in [0.1, 0.15) is 6.54 Å². The van der Waals surface area contributed by atoms with Crippen molar-refractivity contribution in [3.05, 3.63) is 47.9 Å². The molecule has 1 aliphatic heterocycles. The number of hydrogen-bond acceptors (Lipinski definition) is 4. The number of para-hydroxylation sites is 1. The monoisotopic (exact) mass is 378 g/mol. The Balaban J connectivity index is 1.26. The van der Waals surface area contributed by atoms with E-state index in [9.17, 15) is 4.79 Å². The molecule has 0 unspecified atom stereocenters. The predicted octanol–water partition coefficient (Wildman–Crippen LogP) is 2.43. The van der Waals surface area contributed by atoms with Gasteiger partial charge >= 0.3 is 0 Å². The summed E-state index contributed by atoms with van der Waals surface area (Å²) in [6.07, 6.45) is 8.96. The minimum atomic E-state index is -0.313. The number of carbonyl (C=O) groups excluding carboxylic acids is 1. The number of nitrogens with zero attached hydrogens (tertiary/aromatic N) is 5. The van der Waals surface area contributed by atoms with Gasteiger partial charge in [-0.1, -0.05) is 23.4 Å². The normalized spacial score (nSPS) is 18.7. The van der Waals surface area contributed by atoms with Crippen LogP contribution in [0.5, 0.6) is 0 Å². The highest BCUT2D eigenvalue weighted by Crippen LogP contribution is 2.39. The van der Waals surface area contributed by atoms with Crippen molar-refractivity contribution in [1.29, 1.82) is 0 Å². The minimum Gasteiger partial charge on any atom is -0.368 e. The standard InChI is InChI=1S/C21H26N6O/c22-21(28)14-26-12-16(18-3-1-2-4-20(18)26)11-25-9-7-17(8-10-25)27-13-19(23-24-27)15-5-6-15/h1-4,12-13,15,17H,5-11,14H2,(H2,22,28). The number of carbonyl (C=O) groups is 1. The minimum absolute atomic E-state index is 0.220. The number of piperidine rings is 1. The van der Waals surface area contributed by atoms with Crippen LogP contribution in [0.4, 0.5) is 0 Å². The quantitative estimate of drug-likeness (QED) is 0.714. The summed E-state index contributed by atoms with van der Waals surface area (Å²) in [6, 6.07) is 8.69. The Morgan fingerprint density at radius 3 is 2.64 bits per heavy atom. The highest BCUT2D eigenvalue weighted by atomic mass is 16.1. The van der Waals surface area contributed by atoms with Gasteiger partial charge in [-0.2, -0.15) is 0 Å². The molecule has 2 N–H and O–H groups in total. The van der Waals surface area contributed by atoms with Gasteiger partial charge in [0.15, 0.2) is 0 Å². The van der Waals surface area contributed by atoms with Crippen molar-refractivity contribution in [2.75, 3.05) is 13.1 Å². The third-order valence-electron chi connectivity index (χ3n) is 6.05. The van der Waals surface area contributed by atoms with E-state index >= 15 is 0 Å². The smallest absolute Gasteiger partial charge is 0.237 e. The molecule has 1 saturated heterocycles. The lowest BCUT2D eigenvalue weighted by molar-refractivity contribution is -0.118. The summed E-state index contributed by atoms with van der Waals surface area (Å²) in [4.78, 5) is 13.9. The predicted molar refractivity (Wildman–Crippen MR) is 107 cm³/mol. The maximum atomic E-state index is 11.4. The van der Waals surface area contributed by atoms with Crippen molar-refractivity contribution in [3.8, 4) is 0 Å². The van der Waals surface area contributed by atoms with Crippen LogP contribution >= 0.6 is 0 Å². The number of likely N-dealkylation sites (tertiary alicyclic amines) is 1. The SMILES string of the molecule is NC(=O)Cn1cc(CN2CCC(n3cc(C4CC4)nn3)CC2)c2ccccc21. The van der Waals surface area contributed by atoms with Gasteiger partial charge < -0.3 is 10.3 Å². The molecule has 7 heteroatoms. The van der Waals surface area contributed by atoms with Gasteiger partial charge in [0.05, 0.1) is 11.7 Å². The molecule has 0 atom stereocenters. The highest BCUT2D eigenvalue weighted by Gasteiger charge is 2.28. The Kier molecular flexibility index (Phi) is 4.39. The molecule has 3 aromatic rings. The van der Waals surface area contributed by atoms with Crippen molar-refractivity contribution >= 4 is 16.8 Å². The Bertz CT molecular complexity index is 993. The lowest BCUT2D eigenvalue weighted by Crippen LogP contribution is -2.34. The lowest BCUT2D eigenvalue weighted by Gasteiger charge is -2.31. The zero-order valence-corrected chi connectivity index (χ0v) is 16.0. The van der Waals surface area contributed by atoms with Crippen LogP contribution in [-0.4, -0.2) is 43.5 Å². The first kappa shape index (κ1) is 17.4. The van der Waals surface area contributed by atoms with Crippen molar-refractivity contribution in [3.63, 3.8) is 0 Å². The van der Waals surface area contributed by atoms with E-state index in [-0.39, 0.29) is 12.5 Å². The van der Waals surface area contributed by atoms with E-state index in [2.05, 4.69) is 50.5 Å². The number of hydrogen-bond donors (Lipinski definition) is 1. The van der Waals surface area contributed by atoms with Crippen LogP contribution in [0.15, 0.2) is 36.7 Å². The molecule has 0 bridgehead atoms. The van der Waals surface area contributed by atoms with Gasteiger partial charge in [-0.3, -0.25) is 9.69 Å². The number of aromatic nitrogens is 4. The van der Waals surface area contributed by atoms with Crippen LogP contribution in [0, 0.1) is 0 Å². The molecule has 3 heterocycles. The second-order valence-corrected chi connectivity index (χ2v) is 8.17. The third-order valence-corrected chi connectivity index (χ3v) is 6.05. The van der Waals surface area contributed by atoms with E-state index in [0.29, 0.717) is 12.0 Å². The largest absolute Gasteiger partial charge is 0.368 e. The molecular formula is C21H26N6O. The van der Waals surface area contributed by atoms with Crippen molar-refractivity contribution in [1.82, 2.24) is 24.5 Å². The summed E-state index contributed by atoms with van der Waals surface area (Å²) >= 11 is 0. The number of fused-ring (bicyclic) bond motifs is 1. The zero-order chi connectivity index (χ0) is 19.1. The molecule has 0 radical (unpaired) electrons. The summed E-state index contributed by atoms with van der Waals surface area (Å²) in [6.45, 7) is 3.19. The van der Waals surface area contributed by atoms with E-state index in [0.717, 1.165) is 38.0 Å². The van der Waals surface area contributed by atoms with E-state index in [1.165, 1.54) is 29.5 Å². The molecule has 7 nitrogen and oxygen atoms in total. The highest BCUT2D eigenvalue weighted by molar-refractivity contribution is 5.85. The van der Waals surface area contributed by atoms with E-state index in [1.807, 2.05) is 10.6 Å². The van der Waals surface area contributed by atoms with Crippen LogP contribution < -0.4 is 5.73 Å². The number of rotatable bonds is 6. The molecule has 1 saturated carbocycles.